The number of piperidine rings is 1. The maximum atomic E-state index is 13.1. The Morgan fingerprint density at radius 3 is 2.87 bits per heavy atom. The third-order valence-electron chi connectivity index (χ3n) is 5.58. The van der Waals surface area contributed by atoms with Gasteiger partial charge >= 0.3 is 0 Å². The lowest BCUT2D eigenvalue weighted by atomic mass is 9.93. The maximum absolute atomic E-state index is 13.1. The van der Waals surface area contributed by atoms with Crippen LogP contribution >= 0.6 is 0 Å². The number of amides is 1. The average molecular weight is 414 g/mol. The van der Waals surface area contributed by atoms with Gasteiger partial charge in [0.2, 0.25) is 5.91 Å². The number of anilines is 2. The van der Waals surface area contributed by atoms with E-state index in [1.165, 1.54) is 12.1 Å². The highest BCUT2D eigenvalue weighted by Gasteiger charge is 2.22. The van der Waals surface area contributed by atoms with Crippen LogP contribution in [0.2, 0.25) is 0 Å². The van der Waals surface area contributed by atoms with Crippen molar-refractivity contribution in [2.24, 2.45) is 5.92 Å². The molecule has 0 unspecified atom stereocenters. The largest absolute Gasteiger partial charge is 0.370 e. The number of nitrogens with one attached hydrogen (secondary N) is 2. The van der Waals surface area contributed by atoms with Crippen molar-refractivity contribution >= 4 is 17.5 Å². The lowest BCUT2D eigenvalue weighted by Gasteiger charge is -2.33. The van der Waals surface area contributed by atoms with Gasteiger partial charge in [0.1, 0.15) is 23.8 Å². The Kier molecular flexibility index (Phi) is 7.99. The molecule has 0 spiro atoms. The first-order chi connectivity index (χ1) is 14.5. The summed E-state index contributed by atoms with van der Waals surface area (Å²) in [4.78, 5) is 23.4. The minimum Gasteiger partial charge on any atom is -0.370 e. The first-order valence-electron chi connectivity index (χ1n) is 10.9. The van der Waals surface area contributed by atoms with Gasteiger partial charge in [0, 0.05) is 32.1 Å². The van der Waals surface area contributed by atoms with Gasteiger partial charge < -0.3 is 15.5 Å². The molecule has 1 aliphatic heterocycles. The molecule has 2 N–H and O–H groups in total. The second kappa shape index (κ2) is 10.9. The predicted octanol–water partition coefficient (Wildman–Crippen LogP) is 4.31. The summed E-state index contributed by atoms with van der Waals surface area (Å²) in [5.41, 5.74) is 0.907. The molecule has 162 valence electrons. The fourth-order valence-corrected chi connectivity index (χ4v) is 3.86. The molecule has 0 radical (unpaired) electrons. The Morgan fingerprint density at radius 1 is 1.30 bits per heavy atom. The molecule has 1 amide bonds. The maximum Gasteiger partial charge on any atom is 0.220 e. The van der Waals surface area contributed by atoms with Crippen LogP contribution in [-0.2, 0) is 4.79 Å². The number of carbonyl (C=O) groups is 1. The predicted molar refractivity (Wildman–Crippen MR) is 118 cm³/mol. The number of carbonyl (C=O) groups excluding carboxylic acids is 1. The van der Waals surface area contributed by atoms with Crippen LogP contribution in [0.1, 0.15) is 57.6 Å². The zero-order valence-electron chi connectivity index (χ0n) is 17.9. The van der Waals surface area contributed by atoms with Gasteiger partial charge in [-0.3, -0.25) is 4.79 Å². The van der Waals surface area contributed by atoms with Gasteiger partial charge in [-0.2, -0.15) is 0 Å². The second-order valence-corrected chi connectivity index (χ2v) is 8.02. The zero-order valence-corrected chi connectivity index (χ0v) is 17.9. The number of hydrogen-bond donors (Lipinski definition) is 2. The normalized spacial score (nSPS) is 17.4. The van der Waals surface area contributed by atoms with Crippen LogP contribution in [0.3, 0.4) is 0 Å². The Morgan fingerprint density at radius 2 is 2.10 bits per heavy atom. The second-order valence-electron chi connectivity index (χ2n) is 8.02. The van der Waals surface area contributed by atoms with Crippen LogP contribution in [0.15, 0.2) is 36.7 Å². The number of nitrogens with zero attached hydrogens (tertiary/aromatic N) is 3. The van der Waals surface area contributed by atoms with E-state index in [2.05, 4.69) is 32.4 Å². The highest BCUT2D eigenvalue weighted by molar-refractivity contribution is 5.76. The Bertz CT molecular complexity index is 813. The first kappa shape index (κ1) is 22.0. The molecule has 1 aromatic heterocycles. The number of halogens is 1. The molecule has 1 fully saturated rings. The van der Waals surface area contributed by atoms with Crippen molar-refractivity contribution in [2.75, 3.05) is 29.9 Å². The summed E-state index contributed by atoms with van der Waals surface area (Å²) in [5.74, 6) is 2.04. The molecule has 1 saturated heterocycles. The van der Waals surface area contributed by atoms with E-state index < -0.39 is 0 Å². The molecule has 0 aliphatic carbocycles. The van der Waals surface area contributed by atoms with E-state index in [9.17, 15) is 9.18 Å². The van der Waals surface area contributed by atoms with Gasteiger partial charge in [-0.25, -0.2) is 14.4 Å². The Hall–Kier alpha value is -2.70. The summed E-state index contributed by atoms with van der Waals surface area (Å²) in [6.07, 6.45) is 6.24. The lowest BCUT2D eigenvalue weighted by molar-refractivity contribution is -0.122. The van der Waals surface area contributed by atoms with Crippen LogP contribution in [0.4, 0.5) is 16.0 Å². The summed E-state index contributed by atoms with van der Waals surface area (Å²) in [7, 11) is 0. The van der Waals surface area contributed by atoms with Gasteiger partial charge in [0.05, 0.1) is 6.04 Å². The van der Waals surface area contributed by atoms with Crippen molar-refractivity contribution in [1.82, 2.24) is 15.3 Å². The van der Waals surface area contributed by atoms with Crippen molar-refractivity contribution in [3.8, 4) is 0 Å². The Labute approximate surface area is 178 Å². The van der Waals surface area contributed by atoms with Gasteiger partial charge in [-0.05, 0) is 56.2 Å². The quantitative estimate of drug-likeness (QED) is 0.641. The van der Waals surface area contributed by atoms with Crippen molar-refractivity contribution in [2.45, 2.75) is 52.0 Å². The van der Waals surface area contributed by atoms with Crippen molar-refractivity contribution in [1.29, 1.82) is 0 Å². The molecular weight excluding hydrogens is 381 g/mol. The summed E-state index contributed by atoms with van der Waals surface area (Å²) >= 11 is 0. The number of rotatable bonds is 9. The van der Waals surface area contributed by atoms with Crippen LogP contribution < -0.4 is 15.5 Å². The molecule has 7 heteroatoms. The minimum absolute atomic E-state index is 0.0389. The molecule has 3 rings (SSSR count). The van der Waals surface area contributed by atoms with E-state index >= 15 is 0 Å². The van der Waals surface area contributed by atoms with Crippen molar-refractivity contribution in [3.05, 3.63) is 48.0 Å². The van der Waals surface area contributed by atoms with E-state index in [1.807, 2.05) is 13.0 Å². The number of benzene rings is 1. The Balaban J connectivity index is 1.47. The zero-order chi connectivity index (χ0) is 21.3. The molecule has 30 heavy (non-hydrogen) atoms. The number of hydrogen-bond acceptors (Lipinski definition) is 5. The van der Waals surface area contributed by atoms with Crippen LogP contribution in [0.5, 0.6) is 0 Å². The van der Waals surface area contributed by atoms with Gasteiger partial charge in [-0.15, -0.1) is 0 Å². The minimum atomic E-state index is -0.268. The van der Waals surface area contributed by atoms with Crippen LogP contribution in [0, 0.1) is 11.7 Å². The SMILES string of the molecule is CCCNc1cc(N2CCC[C@@H](CCC(=O)N[C@H](C)c3ccc(F)cc3)C2)ncn1. The first-order valence-corrected chi connectivity index (χ1v) is 10.9. The van der Waals surface area contributed by atoms with Crippen molar-refractivity contribution in [3.63, 3.8) is 0 Å². The molecule has 1 aromatic carbocycles. The monoisotopic (exact) mass is 413 g/mol. The fraction of sp³-hybridized carbons (Fsp3) is 0.522. The molecule has 2 aromatic rings. The molecular formula is C23H32FN5O. The molecule has 6 nitrogen and oxygen atoms in total. The van der Waals surface area contributed by atoms with Crippen LogP contribution in [-0.4, -0.2) is 35.5 Å². The molecule has 0 bridgehead atoms. The van der Waals surface area contributed by atoms with Crippen molar-refractivity contribution < 1.29 is 9.18 Å². The smallest absolute Gasteiger partial charge is 0.220 e. The third-order valence-corrected chi connectivity index (χ3v) is 5.58. The van der Waals surface area contributed by atoms with Crippen LogP contribution in [0.25, 0.3) is 0 Å². The summed E-state index contributed by atoms with van der Waals surface area (Å²) in [6, 6.07) is 8.15. The van der Waals surface area contributed by atoms with E-state index in [0.717, 1.165) is 62.5 Å². The molecule has 1 aliphatic rings. The van der Waals surface area contributed by atoms with Gasteiger partial charge in [0.15, 0.2) is 0 Å². The fourth-order valence-electron chi connectivity index (χ4n) is 3.86. The van der Waals surface area contributed by atoms with E-state index in [-0.39, 0.29) is 17.8 Å². The standard InChI is InChI=1S/C23H32FN5O/c1-3-12-25-21-14-22(27-16-26-21)29-13-4-5-18(15-29)6-11-23(30)28-17(2)19-7-9-20(24)10-8-19/h7-10,14,16-18H,3-6,11-13,15H2,1-2H3,(H,28,30)(H,25,26,27)/t17-,18+/m1/s1. The van der Waals surface area contributed by atoms with Gasteiger partial charge in [0.25, 0.3) is 0 Å². The van der Waals surface area contributed by atoms with E-state index in [1.54, 1.807) is 18.5 Å². The highest BCUT2D eigenvalue weighted by atomic mass is 19.1. The average Bonchev–Trinajstić information content (AvgIpc) is 2.77. The lowest BCUT2D eigenvalue weighted by Crippen LogP contribution is -2.36. The summed E-state index contributed by atoms with van der Waals surface area (Å²) in [5, 5.41) is 6.33. The molecule has 2 heterocycles. The summed E-state index contributed by atoms with van der Waals surface area (Å²) < 4.78 is 13.1. The number of aromatic nitrogens is 2. The van der Waals surface area contributed by atoms with E-state index in [0.29, 0.717) is 12.3 Å². The highest BCUT2D eigenvalue weighted by Crippen LogP contribution is 2.25. The van der Waals surface area contributed by atoms with Gasteiger partial charge in [-0.1, -0.05) is 19.1 Å². The van der Waals surface area contributed by atoms with E-state index in [4.69, 9.17) is 0 Å². The molecule has 2 atom stereocenters. The topological polar surface area (TPSA) is 70.2 Å². The third kappa shape index (κ3) is 6.40. The molecule has 0 saturated carbocycles. The summed E-state index contributed by atoms with van der Waals surface area (Å²) in [6.45, 7) is 6.83.